The average molecular weight is 729 g/mol. The third-order valence-electron chi connectivity index (χ3n) is 9.75. The van der Waals surface area contributed by atoms with E-state index in [9.17, 15) is 37.5 Å². The number of para-hydroxylation sites is 1. The van der Waals surface area contributed by atoms with E-state index in [1.807, 2.05) is 0 Å². The van der Waals surface area contributed by atoms with Crippen molar-refractivity contribution in [2.75, 3.05) is 4.90 Å². The molecular formula is C34H19Cl2F5N4O5. The van der Waals surface area contributed by atoms with Gasteiger partial charge in [0, 0.05) is 23.3 Å². The summed E-state index contributed by atoms with van der Waals surface area (Å²) in [5.74, 6) is -17.8. The van der Waals surface area contributed by atoms with Gasteiger partial charge in [-0.3, -0.25) is 9.59 Å². The van der Waals surface area contributed by atoms with Gasteiger partial charge in [0.2, 0.25) is 5.82 Å². The number of phenolic OH excluding ortho intramolecular Hbond substituents is 1. The van der Waals surface area contributed by atoms with Crippen molar-refractivity contribution in [3.05, 3.63) is 134 Å². The number of fused-ring (bicyclic) bond motifs is 5. The van der Waals surface area contributed by atoms with E-state index in [-0.39, 0.29) is 33.7 Å². The van der Waals surface area contributed by atoms with Gasteiger partial charge in [0.1, 0.15) is 11.4 Å². The summed E-state index contributed by atoms with van der Waals surface area (Å²) in [6, 6.07) is 16.0. The molecule has 1 saturated carbocycles. The fourth-order valence-electron chi connectivity index (χ4n) is 7.48. The quantitative estimate of drug-likeness (QED) is 0.0655. The molecule has 4 atom stereocenters. The van der Waals surface area contributed by atoms with Crippen molar-refractivity contribution in [1.29, 1.82) is 0 Å². The second kappa shape index (κ2) is 10.6. The highest BCUT2D eigenvalue weighted by Crippen LogP contribution is 2.65. The molecule has 254 valence electrons. The van der Waals surface area contributed by atoms with Crippen LogP contribution in [0.4, 0.5) is 27.6 Å². The number of anilines is 1. The second-order valence-corrected chi connectivity index (χ2v) is 13.4. The van der Waals surface area contributed by atoms with Crippen LogP contribution in [0.3, 0.4) is 0 Å². The van der Waals surface area contributed by atoms with Crippen LogP contribution in [0, 0.1) is 29.1 Å². The number of aromatic hydroxyl groups is 1. The van der Waals surface area contributed by atoms with Crippen LogP contribution in [0.15, 0.2) is 88.0 Å². The fraction of sp³-hybridized carbons (Fsp3) is 0.176. The Labute approximate surface area is 286 Å². The van der Waals surface area contributed by atoms with Crippen LogP contribution in [0.25, 0.3) is 16.5 Å². The van der Waals surface area contributed by atoms with Gasteiger partial charge in [-0.15, -0.1) is 23.2 Å². The first-order chi connectivity index (χ1) is 23.8. The lowest BCUT2D eigenvalue weighted by molar-refractivity contribution is -0.122. The number of nitrogens with zero attached hydrogens (tertiary/aromatic N) is 4. The molecule has 9 nitrogen and oxygen atoms in total. The number of imide groups is 1. The van der Waals surface area contributed by atoms with E-state index in [2.05, 4.69) is 0 Å². The van der Waals surface area contributed by atoms with Crippen molar-refractivity contribution in [3.8, 4) is 11.4 Å². The largest absolute Gasteiger partial charge is 0.507 e. The van der Waals surface area contributed by atoms with Gasteiger partial charge in [-0.1, -0.05) is 60.7 Å². The molecule has 8 rings (SSSR count). The van der Waals surface area contributed by atoms with Gasteiger partial charge in [0.25, 0.3) is 11.8 Å². The predicted molar refractivity (Wildman–Crippen MR) is 170 cm³/mol. The van der Waals surface area contributed by atoms with Gasteiger partial charge >= 0.3 is 11.4 Å². The molecule has 2 fully saturated rings. The smallest absolute Gasteiger partial charge is 0.352 e. The fourth-order valence-corrected chi connectivity index (χ4v) is 8.38. The van der Waals surface area contributed by atoms with Crippen LogP contribution < -0.4 is 16.3 Å². The lowest BCUT2D eigenvalue weighted by Crippen LogP contribution is -2.59. The highest BCUT2D eigenvalue weighted by atomic mass is 35.5. The van der Waals surface area contributed by atoms with Crippen LogP contribution >= 0.6 is 23.2 Å². The zero-order valence-electron chi connectivity index (χ0n) is 25.0. The monoisotopic (exact) mass is 728 g/mol. The number of rotatable bonds is 3. The Bertz CT molecular complexity index is 2490. The number of hydrogen-bond acceptors (Lipinski definition) is 5. The van der Waals surface area contributed by atoms with Gasteiger partial charge in [-0.2, -0.15) is 0 Å². The highest BCUT2D eigenvalue weighted by molar-refractivity contribution is 6.58. The molecule has 1 aromatic heterocycles. The van der Waals surface area contributed by atoms with E-state index >= 15 is 8.78 Å². The van der Waals surface area contributed by atoms with Gasteiger partial charge in [0.15, 0.2) is 33.0 Å². The summed E-state index contributed by atoms with van der Waals surface area (Å²) in [6.45, 7) is -0.268. The van der Waals surface area contributed by atoms with Crippen molar-refractivity contribution < 1.29 is 36.6 Å². The summed E-state index contributed by atoms with van der Waals surface area (Å²) in [6.07, 6.45) is 0.697. The van der Waals surface area contributed by atoms with Crippen molar-refractivity contribution in [2.24, 2.45) is 0 Å². The summed E-state index contributed by atoms with van der Waals surface area (Å²) in [7, 11) is 0. The number of carbonyl (C=O) groups excluding carboxylic acids is 2. The normalized spacial score (nSPS) is 24.3. The summed E-state index contributed by atoms with van der Waals surface area (Å²) in [4.78, 5) is 50.6. The van der Waals surface area contributed by atoms with Crippen LogP contribution in [0.1, 0.15) is 23.9 Å². The molecule has 0 spiro atoms. The first kappa shape index (κ1) is 32.0. The molecule has 0 bridgehead atoms. The van der Waals surface area contributed by atoms with Crippen molar-refractivity contribution in [3.63, 3.8) is 0 Å². The number of phenols is 1. The molecule has 0 radical (unpaired) electrons. The molecule has 1 aliphatic carbocycles. The maximum Gasteiger partial charge on any atom is 0.352 e. The van der Waals surface area contributed by atoms with Crippen LogP contribution in [-0.4, -0.2) is 40.6 Å². The number of halogens is 7. The molecule has 16 heteroatoms. The van der Waals surface area contributed by atoms with Gasteiger partial charge in [-0.05, 0) is 23.1 Å². The first-order valence-electron chi connectivity index (χ1n) is 14.9. The number of benzene rings is 4. The topological polar surface area (TPSA) is 107 Å². The average Bonchev–Trinajstić information content (AvgIpc) is 3.45. The van der Waals surface area contributed by atoms with Crippen LogP contribution in [0.5, 0.6) is 5.75 Å². The van der Waals surface area contributed by atoms with Crippen LogP contribution in [-0.2, 0) is 16.1 Å². The predicted octanol–water partition coefficient (Wildman–Crippen LogP) is 5.55. The van der Waals surface area contributed by atoms with Crippen molar-refractivity contribution in [1.82, 2.24) is 13.9 Å². The number of amides is 2. The molecule has 2 aliphatic heterocycles. The number of aromatic nitrogens is 3. The Kier molecular flexibility index (Phi) is 6.82. The van der Waals surface area contributed by atoms with Crippen molar-refractivity contribution in [2.45, 2.75) is 34.7 Å². The molecule has 0 unspecified atom stereocenters. The van der Waals surface area contributed by atoms with Gasteiger partial charge in [0.05, 0.1) is 18.3 Å². The molecule has 3 aliphatic rings. The minimum atomic E-state index is -2.79. The van der Waals surface area contributed by atoms with E-state index in [0.29, 0.717) is 5.39 Å². The highest BCUT2D eigenvalue weighted by Gasteiger charge is 2.76. The van der Waals surface area contributed by atoms with E-state index in [0.717, 1.165) is 13.9 Å². The van der Waals surface area contributed by atoms with E-state index in [1.165, 1.54) is 24.3 Å². The Balaban J connectivity index is 1.42. The number of carbonyl (C=O) groups is 2. The van der Waals surface area contributed by atoms with Crippen molar-refractivity contribution >= 4 is 51.5 Å². The standard InChI is InChI=1S/C34H19Cl2F5N4O5/c35-33-14-20-18(12-13-42-31(49)43(32(50)45(20)42)16-7-2-1-3-8-16)21(19-11-10-15-6-4-5-9-17(15)28(19)46)34(33,36)30(48)44(29(33)47)27-25(40)23(38)22(37)24(39)26(27)41/h1-12,20-21,46H,13-14H2/t20-,21-,33-,34+/m1/s1. The summed E-state index contributed by atoms with van der Waals surface area (Å²) < 4.78 is 76.4. The zero-order valence-corrected chi connectivity index (χ0v) is 26.5. The summed E-state index contributed by atoms with van der Waals surface area (Å²) in [5, 5.41) is 12.5. The number of hydrogen-bond donors (Lipinski definition) is 1. The molecule has 1 N–H and O–H groups in total. The SMILES string of the molecule is O=C1N(c2c(F)c(F)c(F)c(F)c2F)C(=O)[C@@]2(Cl)[C@@H](c3ccc4ccccc4c3O)C3=CCn4c(=O)n(-c5ccccc5)c(=O)n4[C@@H]3C[C@@]12Cl. The number of alkyl halides is 2. The minimum Gasteiger partial charge on any atom is -0.507 e. The number of allylic oxidation sites excluding steroid dienone is 2. The van der Waals surface area contributed by atoms with E-state index < -0.39 is 91.8 Å². The first-order valence-corrected chi connectivity index (χ1v) is 15.7. The zero-order chi connectivity index (χ0) is 35.6. The van der Waals surface area contributed by atoms with E-state index in [1.54, 1.807) is 48.5 Å². The lowest BCUT2D eigenvalue weighted by atomic mass is 9.64. The minimum absolute atomic E-state index is 0.105. The van der Waals surface area contributed by atoms with Gasteiger partial charge in [-0.25, -0.2) is 50.4 Å². The third-order valence-corrected chi connectivity index (χ3v) is 11.2. The maximum atomic E-state index is 15.3. The van der Waals surface area contributed by atoms with Gasteiger partial charge < -0.3 is 5.11 Å². The van der Waals surface area contributed by atoms with E-state index in [4.69, 9.17) is 23.2 Å². The molecule has 3 heterocycles. The second-order valence-electron chi connectivity index (χ2n) is 12.1. The lowest BCUT2D eigenvalue weighted by Gasteiger charge is -2.49. The molecule has 50 heavy (non-hydrogen) atoms. The Morgan fingerprint density at radius 3 is 2.04 bits per heavy atom. The Hall–Kier alpha value is -5.21. The third kappa shape index (κ3) is 3.82. The summed E-state index contributed by atoms with van der Waals surface area (Å²) >= 11 is 14.3. The maximum absolute atomic E-state index is 15.3. The Morgan fingerprint density at radius 1 is 0.740 bits per heavy atom. The van der Waals surface area contributed by atoms with Crippen LogP contribution in [0.2, 0.25) is 0 Å². The molecule has 4 aromatic carbocycles. The molecule has 1 saturated heterocycles. The summed E-state index contributed by atoms with van der Waals surface area (Å²) in [5.41, 5.74) is -3.33. The molecule has 2 amide bonds. The molecule has 5 aromatic rings. The Morgan fingerprint density at radius 2 is 1.36 bits per heavy atom. The molecular weight excluding hydrogens is 710 g/mol.